The van der Waals surface area contributed by atoms with Crippen LogP contribution in [0.5, 0.6) is 0 Å². The molecule has 0 fully saturated rings. The second kappa shape index (κ2) is 6.04. The molecule has 0 bridgehead atoms. The average molecular weight is 263 g/mol. The number of likely N-dealkylation sites (N-methyl/N-ethyl adjacent to an activating group) is 1. The minimum absolute atomic E-state index is 0.402. The maximum atomic E-state index is 11.1. The van der Waals surface area contributed by atoms with Gasteiger partial charge in [-0.25, -0.2) is 4.79 Å². The van der Waals surface area contributed by atoms with E-state index in [0.29, 0.717) is 18.0 Å². The van der Waals surface area contributed by atoms with Gasteiger partial charge in [-0.2, -0.15) is 0 Å². The molecule has 1 unspecified atom stereocenters. The van der Waals surface area contributed by atoms with E-state index in [2.05, 4.69) is 23.9 Å². The largest absolute Gasteiger partial charge is 0.417 e. The minimum atomic E-state index is -0.402. The lowest BCUT2D eigenvalue weighted by Gasteiger charge is -2.20. The second-order valence-electron chi connectivity index (χ2n) is 5.20. The van der Waals surface area contributed by atoms with Gasteiger partial charge < -0.3 is 15.1 Å². The molecule has 5 heteroatoms. The lowest BCUT2D eigenvalue weighted by atomic mass is 10.1. The van der Waals surface area contributed by atoms with Crippen molar-refractivity contribution in [2.24, 2.45) is 11.7 Å². The van der Waals surface area contributed by atoms with Crippen molar-refractivity contribution in [3.63, 3.8) is 0 Å². The SMILES string of the molecule is CC(CN)CN(C)CCc1ccc2[nH]c(=O)oc2c1. The average Bonchev–Trinajstić information content (AvgIpc) is 2.75. The third kappa shape index (κ3) is 3.68. The van der Waals surface area contributed by atoms with Crippen LogP contribution in [-0.2, 0) is 6.42 Å². The smallest absolute Gasteiger partial charge is 0.408 e. The molecule has 0 saturated carbocycles. The topological polar surface area (TPSA) is 75.3 Å². The Kier molecular flexibility index (Phi) is 4.39. The molecule has 3 N–H and O–H groups in total. The Morgan fingerprint density at radius 2 is 2.26 bits per heavy atom. The van der Waals surface area contributed by atoms with Gasteiger partial charge in [0.15, 0.2) is 5.58 Å². The summed E-state index contributed by atoms with van der Waals surface area (Å²) in [4.78, 5) is 16.0. The summed E-state index contributed by atoms with van der Waals surface area (Å²) < 4.78 is 5.06. The molecule has 0 saturated heterocycles. The number of aromatic nitrogens is 1. The second-order valence-corrected chi connectivity index (χ2v) is 5.20. The van der Waals surface area contributed by atoms with Crippen molar-refractivity contribution in [1.82, 2.24) is 9.88 Å². The van der Waals surface area contributed by atoms with Crippen molar-refractivity contribution >= 4 is 11.1 Å². The number of rotatable bonds is 6. The van der Waals surface area contributed by atoms with Gasteiger partial charge in [0.1, 0.15) is 0 Å². The highest BCUT2D eigenvalue weighted by molar-refractivity contribution is 5.72. The molecule has 5 nitrogen and oxygen atoms in total. The van der Waals surface area contributed by atoms with Crippen molar-refractivity contribution in [2.75, 3.05) is 26.7 Å². The van der Waals surface area contributed by atoms with Crippen LogP contribution in [-0.4, -0.2) is 36.6 Å². The predicted molar refractivity (Wildman–Crippen MR) is 76.3 cm³/mol. The van der Waals surface area contributed by atoms with E-state index in [0.717, 1.165) is 25.0 Å². The number of fused-ring (bicyclic) bond motifs is 1. The van der Waals surface area contributed by atoms with Crippen LogP contribution >= 0.6 is 0 Å². The maximum absolute atomic E-state index is 11.1. The summed E-state index contributed by atoms with van der Waals surface area (Å²) >= 11 is 0. The number of nitrogens with zero attached hydrogens (tertiary/aromatic N) is 1. The summed E-state index contributed by atoms with van der Waals surface area (Å²) in [6.45, 7) is 4.82. The van der Waals surface area contributed by atoms with Gasteiger partial charge in [-0.05, 0) is 43.6 Å². The zero-order chi connectivity index (χ0) is 13.8. The van der Waals surface area contributed by atoms with Crippen LogP contribution < -0.4 is 11.5 Å². The van der Waals surface area contributed by atoms with Crippen LogP contribution in [0.1, 0.15) is 12.5 Å². The quantitative estimate of drug-likeness (QED) is 0.821. The van der Waals surface area contributed by atoms with E-state index in [1.54, 1.807) is 0 Å². The van der Waals surface area contributed by atoms with Gasteiger partial charge >= 0.3 is 5.76 Å². The maximum Gasteiger partial charge on any atom is 0.417 e. The van der Waals surface area contributed by atoms with Crippen LogP contribution in [0.25, 0.3) is 11.1 Å². The fourth-order valence-electron chi connectivity index (χ4n) is 2.16. The molecule has 2 rings (SSSR count). The molecule has 19 heavy (non-hydrogen) atoms. The van der Waals surface area contributed by atoms with Gasteiger partial charge in [-0.3, -0.25) is 4.98 Å². The summed E-state index contributed by atoms with van der Waals surface area (Å²) in [6.07, 6.45) is 0.929. The number of oxazole rings is 1. The molecule has 0 spiro atoms. The van der Waals surface area contributed by atoms with Gasteiger partial charge in [-0.15, -0.1) is 0 Å². The fraction of sp³-hybridized carbons (Fsp3) is 0.500. The van der Waals surface area contributed by atoms with Crippen molar-refractivity contribution in [1.29, 1.82) is 0 Å². The number of H-pyrrole nitrogens is 1. The first-order valence-electron chi connectivity index (χ1n) is 6.59. The Morgan fingerprint density at radius 1 is 1.47 bits per heavy atom. The Morgan fingerprint density at radius 3 is 3.00 bits per heavy atom. The number of nitrogens with one attached hydrogen (secondary N) is 1. The summed E-state index contributed by atoms with van der Waals surface area (Å²) in [5.74, 6) is 0.108. The summed E-state index contributed by atoms with van der Waals surface area (Å²) in [5, 5.41) is 0. The lowest BCUT2D eigenvalue weighted by molar-refractivity contribution is 0.292. The molecule has 0 aliphatic carbocycles. The van der Waals surface area contributed by atoms with Crippen molar-refractivity contribution < 1.29 is 4.42 Å². The molecule has 1 aromatic heterocycles. The first-order valence-corrected chi connectivity index (χ1v) is 6.59. The molecule has 1 heterocycles. The molecule has 2 aromatic rings. The van der Waals surface area contributed by atoms with E-state index in [9.17, 15) is 4.79 Å². The van der Waals surface area contributed by atoms with Gasteiger partial charge in [0.2, 0.25) is 0 Å². The highest BCUT2D eigenvalue weighted by Gasteiger charge is 2.06. The van der Waals surface area contributed by atoms with Gasteiger partial charge in [-0.1, -0.05) is 13.0 Å². The molecule has 0 aliphatic rings. The van der Waals surface area contributed by atoms with Crippen molar-refractivity contribution in [3.05, 3.63) is 34.3 Å². The first kappa shape index (κ1) is 13.8. The Hall–Kier alpha value is -1.59. The number of benzene rings is 1. The molecular weight excluding hydrogens is 242 g/mol. The van der Waals surface area contributed by atoms with Crippen LogP contribution in [0.2, 0.25) is 0 Å². The fourth-order valence-corrected chi connectivity index (χ4v) is 2.16. The summed E-state index contributed by atoms with van der Waals surface area (Å²) in [7, 11) is 2.10. The third-order valence-corrected chi connectivity index (χ3v) is 3.29. The molecular formula is C14H21N3O2. The molecule has 0 radical (unpaired) electrons. The number of hydrogen-bond donors (Lipinski definition) is 2. The molecule has 1 atom stereocenters. The van der Waals surface area contributed by atoms with Gasteiger partial charge in [0.25, 0.3) is 0 Å². The van der Waals surface area contributed by atoms with Gasteiger partial charge in [0.05, 0.1) is 5.52 Å². The normalized spacial score (nSPS) is 13.3. The predicted octanol–water partition coefficient (Wildman–Crippen LogP) is 1.19. The van der Waals surface area contributed by atoms with Crippen molar-refractivity contribution in [2.45, 2.75) is 13.3 Å². The standard InChI is InChI=1S/C14H21N3O2/c1-10(8-15)9-17(2)6-5-11-3-4-12-13(7-11)19-14(18)16-12/h3-4,7,10H,5-6,8-9,15H2,1-2H3,(H,16,18). The molecule has 1 aromatic carbocycles. The van der Waals surface area contributed by atoms with Crippen LogP contribution in [0, 0.1) is 5.92 Å². The van der Waals surface area contributed by atoms with Gasteiger partial charge in [0, 0.05) is 13.1 Å². The minimum Gasteiger partial charge on any atom is -0.408 e. The highest BCUT2D eigenvalue weighted by Crippen LogP contribution is 2.13. The van der Waals surface area contributed by atoms with E-state index >= 15 is 0 Å². The number of hydrogen-bond acceptors (Lipinski definition) is 4. The van der Waals surface area contributed by atoms with E-state index in [4.69, 9.17) is 10.2 Å². The number of nitrogens with two attached hydrogens (primary N) is 1. The van der Waals surface area contributed by atoms with E-state index < -0.39 is 5.76 Å². The van der Waals surface area contributed by atoms with Crippen LogP contribution in [0.4, 0.5) is 0 Å². The Labute approximate surface area is 112 Å². The van der Waals surface area contributed by atoms with E-state index in [1.807, 2.05) is 18.2 Å². The molecule has 104 valence electrons. The summed E-state index contributed by atoms with van der Waals surface area (Å²) in [5.41, 5.74) is 8.16. The van der Waals surface area contributed by atoms with Crippen LogP contribution in [0.15, 0.2) is 27.4 Å². The third-order valence-electron chi connectivity index (χ3n) is 3.29. The zero-order valence-electron chi connectivity index (χ0n) is 11.5. The Balaban J connectivity index is 1.95. The lowest BCUT2D eigenvalue weighted by Crippen LogP contribution is -2.29. The zero-order valence-corrected chi connectivity index (χ0v) is 11.5. The van der Waals surface area contributed by atoms with E-state index in [1.165, 1.54) is 5.56 Å². The molecule has 0 aliphatic heterocycles. The van der Waals surface area contributed by atoms with E-state index in [-0.39, 0.29) is 0 Å². The Bertz CT molecular complexity index is 588. The summed E-state index contributed by atoms with van der Waals surface area (Å²) in [6, 6.07) is 5.83. The monoisotopic (exact) mass is 263 g/mol. The molecule has 0 amide bonds. The van der Waals surface area contributed by atoms with Crippen molar-refractivity contribution in [3.8, 4) is 0 Å². The van der Waals surface area contributed by atoms with Crippen LogP contribution in [0.3, 0.4) is 0 Å². The highest BCUT2D eigenvalue weighted by atomic mass is 16.4. The number of aromatic amines is 1. The first-order chi connectivity index (χ1) is 9.08.